The molecule has 1 aliphatic heterocycles. The molecular formula is C19H27N5O. The van der Waals surface area contributed by atoms with Crippen LogP contribution in [0.15, 0.2) is 36.7 Å². The van der Waals surface area contributed by atoms with Crippen LogP contribution < -0.4 is 5.32 Å². The zero-order valence-electron chi connectivity index (χ0n) is 15.4. The molecule has 2 heterocycles. The highest BCUT2D eigenvalue weighted by Crippen LogP contribution is 2.22. The van der Waals surface area contributed by atoms with Crippen LogP contribution >= 0.6 is 0 Å². The van der Waals surface area contributed by atoms with Crippen molar-refractivity contribution >= 4 is 11.7 Å². The molecule has 0 saturated carbocycles. The number of nitrogens with one attached hydrogen (secondary N) is 1. The third kappa shape index (κ3) is 3.85. The second-order valence-corrected chi connectivity index (χ2v) is 7.14. The molecule has 25 heavy (non-hydrogen) atoms. The van der Waals surface area contributed by atoms with Crippen LogP contribution in [-0.2, 0) is 7.05 Å². The third-order valence-corrected chi connectivity index (χ3v) is 4.85. The van der Waals surface area contributed by atoms with Crippen LogP contribution in [0, 0.1) is 5.92 Å². The number of piperazine rings is 1. The van der Waals surface area contributed by atoms with Crippen LogP contribution in [0.25, 0.3) is 11.4 Å². The number of aryl methyl sites for hydroxylation is 1. The van der Waals surface area contributed by atoms with E-state index in [0.29, 0.717) is 5.92 Å². The lowest BCUT2D eigenvalue weighted by Gasteiger charge is -2.42. The predicted molar refractivity (Wildman–Crippen MR) is 100 cm³/mol. The number of hydrogen-bond donors (Lipinski definition) is 1. The van der Waals surface area contributed by atoms with Gasteiger partial charge in [0.1, 0.15) is 5.82 Å². The first-order valence-corrected chi connectivity index (χ1v) is 8.79. The Hall–Kier alpha value is -2.34. The molecule has 6 heteroatoms. The summed E-state index contributed by atoms with van der Waals surface area (Å²) in [7, 11) is 4.08. The molecule has 0 radical (unpaired) electrons. The molecule has 1 aromatic carbocycles. The minimum absolute atomic E-state index is 0.0243. The SMILES string of the molecule is CC(C)C1CN(C)CCN1C(=O)Nc1cccc(-c2nccn2C)c1. The van der Waals surface area contributed by atoms with E-state index in [-0.39, 0.29) is 12.1 Å². The first kappa shape index (κ1) is 17.5. The largest absolute Gasteiger partial charge is 0.334 e. The normalized spacial score (nSPS) is 18.6. The molecule has 134 valence electrons. The van der Waals surface area contributed by atoms with Crippen LogP contribution in [0.2, 0.25) is 0 Å². The third-order valence-electron chi connectivity index (χ3n) is 4.85. The van der Waals surface area contributed by atoms with Crippen LogP contribution in [-0.4, -0.2) is 58.1 Å². The Labute approximate surface area is 149 Å². The number of nitrogens with zero attached hydrogens (tertiary/aromatic N) is 4. The summed E-state index contributed by atoms with van der Waals surface area (Å²) in [5, 5.41) is 3.06. The van der Waals surface area contributed by atoms with E-state index in [1.807, 2.05) is 47.0 Å². The van der Waals surface area contributed by atoms with E-state index in [0.717, 1.165) is 36.7 Å². The summed E-state index contributed by atoms with van der Waals surface area (Å²) in [5.41, 5.74) is 1.79. The molecule has 0 aliphatic carbocycles. The lowest BCUT2D eigenvalue weighted by Crippen LogP contribution is -2.57. The second kappa shape index (κ2) is 7.27. The Morgan fingerprint density at radius 3 is 2.76 bits per heavy atom. The van der Waals surface area contributed by atoms with Gasteiger partial charge in [0.15, 0.2) is 0 Å². The number of hydrogen-bond acceptors (Lipinski definition) is 3. The van der Waals surface area contributed by atoms with Gasteiger partial charge in [0, 0.05) is 56.4 Å². The van der Waals surface area contributed by atoms with E-state index in [1.54, 1.807) is 6.20 Å². The first-order valence-electron chi connectivity index (χ1n) is 8.79. The Morgan fingerprint density at radius 2 is 2.08 bits per heavy atom. The Bertz CT molecular complexity index is 739. The number of amides is 2. The van der Waals surface area contributed by atoms with E-state index >= 15 is 0 Å². The van der Waals surface area contributed by atoms with Gasteiger partial charge in [-0.3, -0.25) is 0 Å². The van der Waals surface area contributed by atoms with E-state index in [4.69, 9.17) is 0 Å². The molecule has 1 aromatic heterocycles. The monoisotopic (exact) mass is 341 g/mol. The van der Waals surface area contributed by atoms with Gasteiger partial charge in [0.05, 0.1) is 0 Å². The van der Waals surface area contributed by atoms with Gasteiger partial charge >= 0.3 is 6.03 Å². The van der Waals surface area contributed by atoms with E-state index in [1.165, 1.54) is 0 Å². The molecule has 1 aliphatic rings. The van der Waals surface area contributed by atoms with Crippen LogP contribution in [0.4, 0.5) is 10.5 Å². The number of urea groups is 1. The summed E-state index contributed by atoms with van der Waals surface area (Å²) in [6, 6.07) is 8.06. The molecule has 0 bridgehead atoms. The van der Waals surface area contributed by atoms with Crippen molar-refractivity contribution in [2.45, 2.75) is 19.9 Å². The average Bonchev–Trinajstić information content (AvgIpc) is 3.01. The maximum absolute atomic E-state index is 12.8. The van der Waals surface area contributed by atoms with Crippen molar-refractivity contribution in [2.75, 3.05) is 32.0 Å². The molecule has 1 N–H and O–H groups in total. The minimum atomic E-state index is -0.0243. The number of likely N-dealkylation sites (N-methyl/N-ethyl adjacent to an activating group) is 1. The number of aromatic nitrogens is 2. The molecule has 1 atom stereocenters. The van der Waals surface area contributed by atoms with Gasteiger partial charge in [-0.1, -0.05) is 26.0 Å². The summed E-state index contributed by atoms with van der Waals surface area (Å²) in [5.74, 6) is 1.31. The fraction of sp³-hybridized carbons (Fsp3) is 0.474. The number of carbonyl (C=O) groups is 1. The molecule has 1 fully saturated rings. The van der Waals surface area contributed by atoms with Gasteiger partial charge in [0.2, 0.25) is 0 Å². The molecular weight excluding hydrogens is 314 g/mol. The molecule has 6 nitrogen and oxygen atoms in total. The van der Waals surface area contributed by atoms with Gasteiger partial charge in [-0.25, -0.2) is 9.78 Å². The topological polar surface area (TPSA) is 53.4 Å². The fourth-order valence-electron chi connectivity index (χ4n) is 3.35. The first-order chi connectivity index (χ1) is 12.0. The van der Waals surface area contributed by atoms with E-state index in [9.17, 15) is 4.79 Å². The molecule has 1 unspecified atom stereocenters. The Morgan fingerprint density at radius 1 is 1.28 bits per heavy atom. The van der Waals surface area contributed by atoms with Crippen molar-refractivity contribution < 1.29 is 4.79 Å². The lowest BCUT2D eigenvalue weighted by molar-refractivity contribution is 0.0922. The van der Waals surface area contributed by atoms with E-state index < -0.39 is 0 Å². The van der Waals surface area contributed by atoms with Gasteiger partial charge in [-0.2, -0.15) is 0 Å². The molecule has 2 aromatic rings. The summed E-state index contributed by atoms with van der Waals surface area (Å²) in [6.45, 7) is 6.92. The van der Waals surface area contributed by atoms with Crippen molar-refractivity contribution in [3.8, 4) is 11.4 Å². The van der Waals surface area contributed by atoms with Crippen molar-refractivity contribution in [3.63, 3.8) is 0 Å². The zero-order valence-corrected chi connectivity index (χ0v) is 15.4. The van der Waals surface area contributed by atoms with Gasteiger partial charge in [-0.15, -0.1) is 0 Å². The minimum Gasteiger partial charge on any atom is -0.334 e. The number of anilines is 1. The lowest BCUT2D eigenvalue weighted by atomic mass is 10.0. The molecule has 3 rings (SSSR count). The molecule has 1 saturated heterocycles. The fourth-order valence-corrected chi connectivity index (χ4v) is 3.35. The summed E-state index contributed by atoms with van der Waals surface area (Å²) in [6.07, 6.45) is 3.69. The molecule has 0 spiro atoms. The van der Waals surface area contributed by atoms with Gasteiger partial charge in [0.25, 0.3) is 0 Å². The maximum Gasteiger partial charge on any atom is 0.322 e. The predicted octanol–water partition coefficient (Wildman–Crippen LogP) is 2.89. The molecule has 2 amide bonds. The van der Waals surface area contributed by atoms with E-state index in [2.05, 4.69) is 36.1 Å². The average molecular weight is 341 g/mol. The van der Waals surface area contributed by atoms with Crippen LogP contribution in [0.1, 0.15) is 13.8 Å². The van der Waals surface area contributed by atoms with Gasteiger partial charge < -0.3 is 19.7 Å². The van der Waals surface area contributed by atoms with Crippen LogP contribution in [0.5, 0.6) is 0 Å². The number of carbonyl (C=O) groups excluding carboxylic acids is 1. The zero-order chi connectivity index (χ0) is 18.0. The summed E-state index contributed by atoms with van der Waals surface area (Å²) in [4.78, 5) is 21.5. The number of benzene rings is 1. The van der Waals surface area contributed by atoms with Crippen molar-refractivity contribution in [1.82, 2.24) is 19.4 Å². The maximum atomic E-state index is 12.8. The second-order valence-electron chi connectivity index (χ2n) is 7.14. The number of imidazole rings is 1. The summed E-state index contributed by atoms with van der Waals surface area (Å²) >= 11 is 0. The highest BCUT2D eigenvalue weighted by Gasteiger charge is 2.31. The summed E-state index contributed by atoms with van der Waals surface area (Å²) < 4.78 is 1.97. The van der Waals surface area contributed by atoms with Crippen LogP contribution in [0.3, 0.4) is 0 Å². The number of rotatable bonds is 3. The van der Waals surface area contributed by atoms with Crippen molar-refractivity contribution in [2.24, 2.45) is 13.0 Å². The standard InChI is InChI=1S/C19H27N5O/c1-14(2)17-13-22(3)10-11-24(17)19(25)21-16-7-5-6-15(12-16)18-20-8-9-23(18)4/h5-9,12,14,17H,10-11,13H2,1-4H3,(H,21,25). The highest BCUT2D eigenvalue weighted by atomic mass is 16.2. The smallest absolute Gasteiger partial charge is 0.322 e. The van der Waals surface area contributed by atoms with Crippen molar-refractivity contribution in [1.29, 1.82) is 0 Å². The van der Waals surface area contributed by atoms with Gasteiger partial charge in [-0.05, 0) is 25.1 Å². The Balaban J connectivity index is 1.76. The van der Waals surface area contributed by atoms with Crippen molar-refractivity contribution in [3.05, 3.63) is 36.7 Å². The quantitative estimate of drug-likeness (QED) is 0.934. The Kier molecular flexibility index (Phi) is 5.08. The highest BCUT2D eigenvalue weighted by molar-refractivity contribution is 5.90.